The van der Waals surface area contributed by atoms with Gasteiger partial charge in [0.05, 0.1) is 35.2 Å². The third-order valence-corrected chi connectivity index (χ3v) is 6.72. The van der Waals surface area contributed by atoms with Gasteiger partial charge < -0.3 is 14.7 Å². The number of alkyl halides is 3. The normalized spacial score (nSPS) is 15.2. The molecule has 2 aromatic heterocycles. The van der Waals surface area contributed by atoms with E-state index in [0.29, 0.717) is 15.7 Å². The van der Waals surface area contributed by atoms with Crippen LogP contribution in [0.4, 0.5) is 18.0 Å². The van der Waals surface area contributed by atoms with E-state index in [1.807, 2.05) is 12.3 Å². The number of nitrogens with zero attached hydrogens (tertiary/aromatic N) is 3. The van der Waals surface area contributed by atoms with Gasteiger partial charge in [0.25, 0.3) is 0 Å². The predicted molar refractivity (Wildman–Crippen MR) is 104 cm³/mol. The lowest BCUT2D eigenvalue weighted by molar-refractivity contribution is -0.247. The number of aromatic nitrogens is 2. The number of thiazole rings is 2. The fourth-order valence-electron chi connectivity index (χ4n) is 2.72. The molecule has 1 amide bonds. The van der Waals surface area contributed by atoms with E-state index in [1.54, 1.807) is 0 Å². The first-order valence-electron chi connectivity index (χ1n) is 9.00. The molecule has 1 aliphatic heterocycles. The van der Waals surface area contributed by atoms with Crippen LogP contribution >= 0.6 is 22.7 Å². The highest BCUT2D eigenvalue weighted by Crippen LogP contribution is 2.34. The number of hydrogen-bond donors (Lipinski definition) is 1. The number of aryl methyl sites for hydroxylation is 1. The van der Waals surface area contributed by atoms with E-state index in [1.165, 1.54) is 22.7 Å². The molecular weight excluding hydrogens is 443 g/mol. The van der Waals surface area contributed by atoms with Crippen LogP contribution in [0.15, 0.2) is 5.38 Å². The molecule has 30 heavy (non-hydrogen) atoms. The summed E-state index contributed by atoms with van der Waals surface area (Å²) >= 11 is 2.66. The van der Waals surface area contributed by atoms with Gasteiger partial charge >= 0.3 is 12.3 Å². The quantitative estimate of drug-likeness (QED) is 0.704. The lowest BCUT2D eigenvalue weighted by Gasteiger charge is -2.39. The van der Waals surface area contributed by atoms with Crippen LogP contribution in [0.3, 0.4) is 0 Å². The zero-order valence-corrected chi connectivity index (χ0v) is 18.1. The topological polar surface area (TPSA) is 92.6 Å². The number of aliphatic hydroxyl groups excluding tert-OH is 1. The van der Waals surface area contributed by atoms with Crippen LogP contribution in [0.1, 0.15) is 29.6 Å². The Balaban J connectivity index is 1.53. The van der Waals surface area contributed by atoms with Crippen molar-refractivity contribution in [2.75, 3.05) is 13.1 Å². The van der Waals surface area contributed by atoms with Gasteiger partial charge in [0.2, 0.25) is 5.60 Å². The SMILES string of the molecule is Cc1nc(CO)sc1-c1csc(CC(=O)C2CN(C(=O)OC(C)(C)C(F)(F)F)C2)n1. The number of hydrogen-bond acceptors (Lipinski definition) is 8. The largest absolute Gasteiger partial charge is 0.434 e. The molecular formula is C18H20F3N3O4S2. The molecule has 0 aliphatic carbocycles. The molecule has 0 bridgehead atoms. The Labute approximate surface area is 178 Å². The van der Waals surface area contributed by atoms with Gasteiger partial charge in [0.15, 0.2) is 0 Å². The molecule has 3 rings (SSSR count). The summed E-state index contributed by atoms with van der Waals surface area (Å²) in [6, 6.07) is 0. The van der Waals surface area contributed by atoms with Crippen molar-refractivity contribution in [3.05, 3.63) is 21.1 Å². The van der Waals surface area contributed by atoms with Gasteiger partial charge in [-0.05, 0) is 20.8 Å². The summed E-state index contributed by atoms with van der Waals surface area (Å²) < 4.78 is 43.0. The summed E-state index contributed by atoms with van der Waals surface area (Å²) in [6.07, 6.45) is -5.69. The maximum Gasteiger partial charge on any atom is 0.427 e. The van der Waals surface area contributed by atoms with E-state index in [4.69, 9.17) is 0 Å². The molecule has 164 valence electrons. The Kier molecular flexibility index (Phi) is 6.21. The number of carbonyl (C=O) groups excluding carboxylic acids is 2. The molecule has 2 aromatic rings. The fourth-order valence-corrected chi connectivity index (χ4v) is 4.47. The van der Waals surface area contributed by atoms with E-state index >= 15 is 0 Å². The Bertz CT molecular complexity index is 949. The van der Waals surface area contributed by atoms with Crippen LogP contribution in [0, 0.1) is 12.8 Å². The summed E-state index contributed by atoms with van der Waals surface area (Å²) in [7, 11) is 0. The number of carbonyl (C=O) groups is 2. The van der Waals surface area contributed by atoms with Crippen molar-refractivity contribution in [3.8, 4) is 10.6 Å². The maximum atomic E-state index is 12.8. The lowest BCUT2D eigenvalue weighted by Crippen LogP contribution is -2.56. The third kappa shape index (κ3) is 4.65. The number of Topliss-reactive ketones (excluding diaryl/α,β-unsaturated/α-hetero) is 1. The summed E-state index contributed by atoms with van der Waals surface area (Å²) in [5.74, 6) is -0.586. The highest BCUT2D eigenvalue weighted by atomic mass is 32.1. The molecule has 0 aromatic carbocycles. The van der Waals surface area contributed by atoms with Crippen LogP contribution in [0.2, 0.25) is 0 Å². The monoisotopic (exact) mass is 463 g/mol. The van der Waals surface area contributed by atoms with Gasteiger partial charge in [-0.2, -0.15) is 13.2 Å². The van der Waals surface area contributed by atoms with Gasteiger partial charge in [-0.15, -0.1) is 22.7 Å². The van der Waals surface area contributed by atoms with Crippen molar-refractivity contribution in [2.24, 2.45) is 5.92 Å². The van der Waals surface area contributed by atoms with Gasteiger partial charge in [0.1, 0.15) is 15.8 Å². The molecule has 0 radical (unpaired) electrons. The minimum absolute atomic E-state index is 0.0254. The van der Waals surface area contributed by atoms with E-state index in [-0.39, 0.29) is 31.9 Å². The fraction of sp³-hybridized carbons (Fsp3) is 0.556. The molecule has 0 unspecified atom stereocenters. The molecule has 0 atom stereocenters. The van der Waals surface area contributed by atoms with Crippen molar-refractivity contribution in [1.82, 2.24) is 14.9 Å². The summed E-state index contributed by atoms with van der Waals surface area (Å²) in [4.78, 5) is 34.9. The van der Waals surface area contributed by atoms with Crippen LogP contribution in [0.25, 0.3) is 10.6 Å². The second kappa shape index (κ2) is 8.23. The highest BCUT2D eigenvalue weighted by molar-refractivity contribution is 7.16. The van der Waals surface area contributed by atoms with E-state index in [0.717, 1.165) is 29.3 Å². The minimum atomic E-state index is -4.68. The highest BCUT2D eigenvalue weighted by Gasteiger charge is 2.52. The minimum Gasteiger partial charge on any atom is -0.434 e. The summed E-state index contributed by atoms with van der Waals surface area (Å²) in [5.41, 5.74) is -1.16. The molecule has 0 spiro atoms. The average molecular weight is 464 g/mol. The summed E-state index contributed by atoms with van der Waals surface area (Å²) in [5, 5.41) is 12.2. The Hall–Kier alpha value is -2.05. The second-order valence-electron chi connectivity index (χ2n) is 7.43. The van der Waals surface area contributed by atoms with Gasteiger partial charge in [-0.3, -0.25) is 4.79 Å². The number of rotatable bonds is 6. The number of ketones is 1. The standard InChI is InChI=1S/C18H20F3N3O4S2/c1-9-15(30-14(7-25)22-9)11-8-29-13(23-11)4-12(26)10-5-24(6-10)16(27)28-17(2,3)18(19,20)21/h8,10,25H,4-7H2,1-3H3. The van der Waals surface area contributed by atoms with Gasteiger partial charge in [0, 0.05) is 18.5 Å². The number of amides is 1. The van der Waals surface area contributed by atoms with Crippen molar-refractivity contribution in [2.45, 2.75) is 45.6 Å². The zero-order valence-electron chi connectivity index (χ0n) is 16.4. The van der Waals surface area contributed by atoms with Gasteiger partial charge in [-0.1, -0.05) is 0 Å². The molecule has 0 saturated carbocycles. The number of ether oxygens (including phenoxy) is 1. The van der Waals surface area contributed by atoms with E-state index in [9.17, 15) is 27.9 Å². The maximum absolute atomic E-state index is 12.8. The molecule has 1 N–H and O–H groups in total. The summed E-state index contributed by atoms with van der Waals surface area (Å²) in [6.45, 7) is 3.28. The Morgan fingerprint density at radius 2 is 1.93 bits per heavy atom. The number of aliphatic hydroxyl groups is 1. The third-order valence-electron chi connectivity index (χ3n) is 4.71. The van der Waals surface area contributed by atoms with Crippen LogP contribution in [0.5, 0.6) is 0 Å². The first-order valence-corrected chi connectivity index (χ1v) is 10.7. The van der Waals surface area contributed by atoms with Crippen LogP contribution in [-0.4, -0.2) is 56.7 Å². The van der Waals surface area contributed by atoms with Crippen molar-refractivity contribution >= 4 is 34.6 Å². The predicted octanol–water partition coefficient (Wildman–Crippen LogP) is 3.59. The smallest absolute Gasteiger partial charge is 0.427 e. The molecule has 7 nitrogen and oxygen atoms in total. The van der Waals surface area contributed by atoms with E-state index in [2.05, 4.69) is 14.7 Å². The molecule has 1 saturated heterocycles. The van der Waals surface area contributed by atoms with Crippen LogP contribution in [-0.2, 0) is 22.6 Å². The van der Waals surface area contributed by atoms with Crippen molar-refractivity contribution in [1.29, 1.82) is 0 Å². The van der Waals surface area contributed by atoms with Crippen molar-refractivity contribution in [3.63, 3.8) is 0 Å². The van der Waals surface area contributed by atoms with Crippen LogP contribution < -0.4 is 0 Å². The number of halogens is 3. The Morgan fingerprint density at radius 3 is 2.50 bits per heavy atom. The first kappa shape index (κ1) is 22.6. The average Bonchev–Trinajstić information content (AvgIpc) is 3.17. The number of likely N-dealkylation sites (tertiary alicyclic amines) is 1. The second-order valence-corrected chi connectivity index (χ2v) is 9.45. The Morgan fingerprint density at radius 1 is 1.27 bits per heavy atom. The van der Waals surface area contributed by atoms with Gasteiger partial charge in [-0.25, -0.2) is 14.8 Å². The first-order chi connectivity index (χ1) is 13.9. The molecule has 3 heterocycles. The zero-order chi connectivity index (χ0) is 22.3. The molecule has 12 heteroatoms. The lowest BCUT2D eigenvalue weighted by atomic mass is 9.94. The van der Waals surface area contributed by atoms with E-state index < -0.39 is 23.8 Å². The van der Waals surface area contributed by atoms with Crippen molar-refractivity contribution < 1.29 is 32.6 Å². The molecule has 1 aliphatic rings. The molecule has 1 fully saturated rings.